The summed E-state index contributed by atoms with van der Waals surface area (Å²) in [4.78, 5) is 28.7. The molecule has 18 heavy (non-hydrogen) atoms. The third-order valence-corrected chi connectivity index (χ3v) is 4.20. The minimum atomic E-state index is -0.987. The van der Waals surface area contributed by atoms with Crippen LogP contribution in [0.2, 0.25) is 0 Å². The summed E-state index contributed by atoms with van der Waals surface area (Å²) in [5, 5.41) is 15.4. The highest BCUT2D eigenvalue weighted by Gasteiger charge is 2.42. The number of amides is 1. The van der Waals surface area contributed by atoms with Gasteiger partial charge < -0.3 is 10.0 Å². The molecule has 2 unspecified atom stereocenters. The van der Waals surface area contributed by atoms with Gasteiger partial charge in [0.15, 0.2) is 0 Å². The van der Waals surface area contributed by atoms with Crippen molar-refractivity contribution in [2.24, 2.45) is 0 Å². The van der Waals surface area contributed by atoms with E-state index >= 15 is 0 Å². The Labute approximate surface area is 108 Å². The lowest BCUT2D eigenvalue weighted by Crippen LogP contribution is -2.45. The van der Waals surface area contributed by atoms with Crippen LogP contribution < -0.4 is 0 Å². The molecule has 1 aromatic heterocycles. The highest BCUT2D eigenvalue weighted by Crippen LogP contribution is 2.32. The Kier molecular flexibility index (Phi) is 3.55. The average molecular weight is 270 g/mol. The van der Waals surface area contributed by atoms with E-state index in [0.29, 0.717) is 18.0 Å². The summed E-state index contributed by atoms with van der Waals surface area (Å²) in [6, 6.07) is -0.800. The van der Waals surface area contributed by atoms with Crippen LogP contribution in [0, 0.1) is 6.92 Å². The van der Waals surface area contributed by atoms with Crippen LogP contribution in [0.4, 0.5) is 0 Å². The molecular formula is C10H14N4O3S. The molecule has 0 spiro atoms. The molecule has 2 rings (SSSR count). The summed E-state index contributed by atoms with van der Waals surface area (Å²) in [6.45, 7) is 3.61. The van der Waals surface area contributed by atoms with E-state index in [1.807, 2.05) is 6.92 Å². The molecule has 0 aliphatic carbocycles. The molecule has 7 nitrogen and oxygen atoms in total. The summed E-state index contributed by atoms with van der Waals surface area (Å²) in [7, 11) is 0. The normalized spacial score (nSPS) is 23.3. The molecule has 1 aliphatic rings. The summed E-state index contributed by atoms with van der Waals surface area (Å²) < 4.78 is 0. The summed E-state index contributed by atoms with van der Waals surface area (Å²) in [6.07, 6.45) is 0.698. The van der Waals surface area contributed by atoms with Crippen LogP contribution in [0.5, 0.6) is 0 Å². The van der Waals surface area contributed by atoms with Crippen molar-refractivity contribution in [3.05, 3.63) is 11.6 Å². The molecule has 1 aliphatic heterocycles. The van der Waals surface area contributed by atoms with Crippen LogP contribution in [-0.4, -0.2) is 54.2 Å². The zero-order valence-corrected chi connectivity index (χ0v) is 10.9. The first-order chi connectivity index (χ1) is 8.54. The standard InChI is InChI=1S/C10H14N4O3S/c1-3-7-14(6(4-18-7)10(16)17)9(15)8-11-5(2)12-13-8/h6-7H,3-4H2,1-2H3,(H,16,17)(H,11,12,13). The smallest absolute Gasteiger partial charge is 0.327 e. The molecule has 0 saturated carbocycles. The molecule has 1 amide bonds. The number of aliphatic carboxylic acids is 1. The van der Waals surface area contributed by atoms with E-state index in [9.17, 15) is 9.59 Å². The van der Waals surface area contributed by atoms with Crippen molar-refractivity contribution in [1.29, 1.82) is 0 Å². The molecule has 2 atom stereocenters. The number of rotatable bonds is 3. The largest absolute Gasteiger partial charge is 0.480 e. The van der Waals surface area contributed by atoms with Gasteiger partial charge in [-0.1, -0.05) is 6.92 Å². The SMILES string of the molecule is CCC1SCC(C(=O)O)N1C(=O)c1n[nH]c(C)n1. The van der Waals surface area contributed by atoms with Gasteiger partial charge in [0.2, 0.25) is 5.82 Å². The number of aryl methyl sites for hydroxylation is 1. The quantitative estimate of drug-likeness (QED) is 0.829. The van der Waals surface area contributed by atoms with Crippen molar-refractivity contribution in [2.75, 3.05) is 5.75 Å². The highest BCUT2D eigenvalue weighted by molar-refractivity contribution is 8.00. The van der Waals surface area contributed by atoms with Crippen LogP contribution in [0.25, 0.3) is 0 Å². The molecule has 0 bridgehead atoms. The van der Waals surface area contributed by atoms with Gasteiger partial charge in [-0.15, -0.1) is 16.9 Å². The molecular weight excluding hydrogens is 256 g/mol. The van der Waals surface area contributed by atoms with Gasteiger partial charge in [0.05, 0.1) is 5.37 Å². The first-order valence-electron chi connectivity index (χ1n) is 5.60. The Hall–Kier alpha value is -1.57. The van der Waals surface area contributed by atoms with E-state index in [-0.39, 0.29) is 11.2 Å². The second-order valence-corrected chi connectivity index (χ2v) is 5.22. The van der Waals surface area contributed by atoms with Crippen LogP contribution in [0.1, 0.15) is 29.8 Å². The van der Waals surface area contributed by atoms with Crippen LogP contribution in [0.3, 0.4) is 0 Å². The third-order valence-electron chi connectivity index (χ3n) is 2.75. The van der Waals surface area contributed by atoms with E-state index in [1.165, 1.54) is 16.7 Å². The minimum Gasteiger partial charge on any atom is -0.480 e. The molecule has 1 saturated heterocycles. The first-order valence-corrected chi connectivity index (χ1v) is 6.65. The topological polar surface area (TPSA) is 99.2 Å². The van der Waals surface area contributed by atoms with Gasteiger partial charge in [0.25, 0.3) is 5.91 Å². The number of carboxylic acid groups (broad SMARTS) is 1. The summed E-state index contributed by atoms with van der Waals surface area (Å²) in [5.41, 5.74) is 0. The number of H-pyrrole nitrogens is 1. The fourth-order valence-electron chi connectivity index (χ4n) is 1.89. The first kappa shape index (κ1) is 12.9. The number of carbonyl (C=O) groups excluding carboxylic acids is 1. The Morgan fingerprint density at radius 2 is 2.33 bits per heavy atom. The molecule has 8 heteroatoms. The zero-order chi connectivity index (χ0) is 13.3. The van der Waals surface area contributed by atoms with Crippen molar-refractivity contribution in [1.82, 2.24) is 20.1 Å². The highest BCUT2D eigenvalue weighted by atomic mass is 32.2. The predicted octanol–water partition coefficient (Wildman–Crippen LogP) is 0.491. The molecule has 1 fully saturated rings. The lowest BCUT2D eigenvalue weighted by molar-refractivity contribution is -0.141. The molecule has 2 N–H and O–H groups in total. The summed E-state index contributed by atoms with van der Waals surface area (Å²) >= 11 is 1.48. The number of aromatic amines is 1. The number of hydrogen-bond acceptors (Lipinski definition) is 5. The monoisotopic (exact) mass is 270 g/mol. The second-order valence-electron chi connectivity index (χ2n) is 4.01. The van der Waals surface area contributed by atoms with Gasteiger partial charge >= 0.3 is 5.97 Å². The van der Waals surface area contributed by atoms with E-state index in [4.69, 9.17) is 5.11 Å². The fourth-order valence-corrected chi connectivity index (χ4v) is 3.24. The maximum Gasteiger partial charge on any atom is 0.327 e. The van der Waals surface area contributed by atoms with Crippen molar-refractivity contribution in [3.8, 4) is 0 Å². The molecule has 1 aromatic rings. The van der Waals surface area contributed by atoms with E-state index < -0.39 is 17.9 Å². The molecule has 98 valence electrons. The lowest BCUT2D eigenvalue weighted by Gasteiger charge is -2.25. The zero-order valence-electron chi connectivity index (χ0n) is 10.1. The van der Waals surface area contributed by atoms with Crippen molar-refractivity contribution < 1.29 is 14.7 Å². The number of aromatic nitrogens is 3. The maximum atomic E-state index is 12.2. The number of nitrogens with one attached hydrogen (secondary N) is 1. The van der Waals surface area contributed by atoms with Gasteiger partial charge in [-0.25, -0.2) is 9.78 Å². The van der Waals surface area contributed by atoms with Crippen LogP contribution in [-0.2, 0) is 4.79 Å². The predicted molar refractivity (Wildman–Crippen MR) is 65.2 cm³/mol. The minimum absolute atomic E-state index is 0.0275. The second kappa shape index (κ2) is 4.97. The Balaban J connectivity index is 2.27. The van der Waals surface area contributed by atoms with Gasteiger partial charge in [0.1, 0.15) is 11.9 Å². The van der Waals surface area contributed by atoms with E-state index in [0.717, 1.165) is 0 Å². The number of hydrogen-bond donors (Lipinski definition) is 2. The maximum absolute atomic E-state index is 12.2. The molecule has 0 radical (unpaired) electrons. The van der Waals surface area contributed by atoms with Crippen LogP contribution >= 0.6 is 11.8 Å². The molecule has 2 heterocycles. The van der Waals surface area contributed by atoms with Gasteiger partial charge in [0, 0.05) is 5.75 Å². The Morgan fingerprint density at radius 1 is 1.61 bits per heavy atom. The number of carbonyl (C=O) groups is 2. The van der Waals surface area contributed by atoms with Gasteiger partial charge in [-0.05, 0) is 13.3 Å². The van der Waals surface area contributed by atoms with Gasteiger partial charge in [-0.2, -0.15) is 0 Å². The third kappa shape index (κ3) is 2.20. The van der Waals surface area contributed by atoms with Crippen molar-refractivity contribution in [3.63, 3.8) is 0 Å². The molecule has 0 aromatic carbocycles. The van der Waals surface area contributed by atoms with Crippen molar-refractivity contribution in [2.45, 2.75) is 31.7 Å². The number of carboxylic acids is 1. The number of thioether (sulfide) groups is 1. The Morgan fingerprint density at radius 3 is 2.83 bits per heavy atom. The van der Waals surface area contributed by atoms with Gasteiger partial charge in [-0.3, -0.25) is 9.89 Å². The van der Waals surface area contributed by atoms with Crippen LogP contribution in [0.15, 0.2) is 0 Å². The van der Waals surface area contributed by atoms with E-state index in [1.54, 1.807) is 6.92 Å². The fraction of sp³-hybridized carbons (Fsp3) is 0.600. The Bertz CT molecular complexity index is 475. The van der Waals surface area contributed by atoms with E-state index in [2.05, 4.69) is 15.2 Å². The number of nitrogens with zero attached hydrogens (tertiary/aromatic N) is 3. The lowest BCUT2D eigenvalue weighted by atomic mass is 10.2. The average Bonchev–Trinajstić information content (AvgIpc) is 2.93. The van der Waals surface area contributed by atoms with Crippen molar-refractivity contribution >= 4 is 23.6 Å². The summed E-state index contributed by atoms with van der Waals surface area (Å²) in [5.74, 6) is -0.448.